The molecule has 1 aromatic carbocycles. The second-order valence-electron chi connectivity index (χ2n) is 4.31. The van der Waals surface area contributed by atoms with Crippen LogP contribution in [0.3, 0.4) is 0 Å². The van der Waals surface area contributed by atoms with Gasteiger partial charge in [-0.25, -0.2) is 0 Å². The summed E-state index contributed by atoms with van der Waals surface area (Å²) in [6.07, 6.45) is 2.65. The Bertz CT molecular complexity index is 447. The molecule has 0 aliphatic rings. The van der Waals surface area contributed by atoms with Gasteiger partial charge in [-0.1, -0.05) is 32.0 Å². The molecule has 0 spiro atoms. The average Bonchev–Trinajstić information content (AvgIpc) is 2.78. The SMILES string of the molecule is CC(C)NCCc1nncn1-c1ccccc1. The number of aromatic nitrogens is 3. The first-order valence-corrected chi connectivity index (χ1v) is 5.95. The van der Waals surface area contributed by atoms with Crippen LogP contribution < -0.4 is 5.32 Å². The highest BCUT2D eigenvalue weighted by atomic mass is 15.3. The van der Waals surface area contributed by atoms with Gasteiger partial charge in [0.05, 0.1) is 0 Å². The van der Waals surface area contributed by atoms with Gasteiger partial charge in [0, 0.05) is 24.7 Å². The molecule has 0 amide bonds. The van der Waals surface area contributed by atoms with Crippen LogP contribution in [0, 0.1) is 0 Å². The Morgan fingerprint density at radius 2 is 2.00 bits per heavy atom. The van der Waals surface area contributed by atoms with Gasteiger partial charge < -0.3 is 5.32 Å². The smallest absolute Gasteiger partial charge is 0.138 e. The molecule has 2 rings (SSSR count). The minimum atomic E-state index is 0.503. The maximum Gasteiger partial charge on any atom is 0.138 e. The Kier molecular flexibility index (Phi) is 3.88. The molecule has 0 fully saturated rings. The van der Waals surface area contributed by atoms with Crippen LogP contribution in [-0.4, -0.2) is 27.4 Å². The zero-order valence-corrected chi connectivity index (χ0v) is 10.3. The second-order valence-corrected chi connectivity index (χ2v) is 4.31. The van der Waals surface area contributed by atoms with Crippen LogP contribution in [0.15, 0.2) is 36.7 Å². The van der Waals surface area contributed by atoms with E-state index in [1.807, 2.05) is 22.8 Å². The molecule has 90 valence electrons. The predicted octanol–water partition coefficient (Wildman–Crippen LogP) is 1.81. The van der Waals surface area contributed by atoms with Gasteiger partial charge in [0.15, 0.2) is 0 Å². The van der Waals surface area contributed by atoms with E-state index < -0.39 is 0 Å². The van der Waals surface area contributed by atoms with E-state index >= 15 is 0 Å². The predicted molar refractivity (Wildman–Crippen MR) is 68.2 cm³/mol. The van der Waals surface area contributed by atoms with Crippen molar-refractivity contribution < 1.29 is 0 Å². The van der Waals surface area contributed by atoms with Gasteiger partial charge in [-0.3, -0.25) is 4.57 Å². The third-order valence-corrected chi connectivity index (χ3v) is 2.55. The molecule has 0 bridgehead atoms. The zero-order valence-electron chi connectivity index (χ0n) is 10.3. The van der Waals surface area contributed by atoms with Gasteiger partial charge in [-0.15, -0.1) is 10.2 Å². The molecule has 1 N–H and O–H groups in total. The van der Waals surface area contributed by atoms with Crippen LogP contribution in [0.25, 0.3) is 5.69 Å². The monoisotopic (exact) mass is 230 g/mol. The Morgan fingerprint density at radius 1 is 1.24 bits per heavy atom. The highest BCUT2D eigenvalue weighted by Gasteiger charge is 2.05. The van der Waals surface area contributed by atoms with E-state index in [1.165, 1.54) is 0 Å². The highest BCUT2D eigenvalue weighted by Crippen LogP contribution is 2.08. The van der Waals surface area contributed by atoms with Crippen molar-refractivity contribution in [2.75, 3.05) is 6.54 Å². The van der Waals surface area contributed by atoms with E-state index in [1.54, 1.807) is 6.33 Å². The fourth-order valence-corrected chi connectivity index (χ4v) is 1.71. The van der Waals surface area contributed by atoms with Crippen LogP contribution in [0.4, 0.5) is 0 Å². The van der Waals surface area contributed by atoms with Crippen LogP contribution in [0.2, 0.25) is 0 Å². The highest BCUT2D eigenvalue weighted by molar-refractivity contribution is 5.31. The van der Waals surface area contributed by atoms with Crippen molar-refractivity contribution in [2.45, 2.75) is 26.3 Å². The van der Waals surface area contributed by atoms with Crippen molar-refractivity contribution in [1.82, 2.24) is 20.1 Å². The molecule has 0 atom stereocenters. The third kappa shape index (κ3) is 3.14. The minimum absolute atomic E-state index is 0.503. The summed E-state index contributed by atoms with van der Waals surface area (Å²) in [6, 6.07) is 10.7. The lowest BCUT2D eigenvalue weighted by atomic mass is 10.3. The van der Waals surface area contributed by atoms with Crippen molar-refractivity contribution in [3.63, 3.8) is 0 Å². The van der Waals surface area contributed by atoms with E-state index in [2.05, 4.69) is 41.5 Å². The van der Waals surface area contributed by atoms with Crippen molar-refractivity contribution in [3.8, 4) is 5.69 Å². The fraction of sp³-hybridized carbons (Fsp3) is 0.385. The van der Waals surface area contributed by atoms with Crippen molar-refractivity contribution >= 4 is 0 Å². The number of hydrogen-bond acceptors (Lipinski definition) is 3. The zero-order chi connectivity index (χ0) is 12.1. The van der Waals surface area contributed by atoms with Gasteiger partial charge in [-0.05, 0) is 12.1 Å². The van der Waals surface area contributed by atoms with E-state index in [0.29, 0.717) is 6.04 Å². The largest absolute Gasteiger partial charge is 0.314 e. The number of benzene rings is 1. The van der Waals surface area contributed by atoms with Gasteiger partial charge >= 0.3 is 0 Å². The summed E-state index contributed by atoms with van der Waals surface area (Å²) < 4.78 is 2.03. The molecular weight excluding hydrogens is 212 g/mol. The first-order chi connectivity index (χ1) is 8.27. The molecule has 0 unspecified atom stereocenters. The van der Waals surface area contributed by atoms with Crippen LogP contribution >= 0.6 is 0 Å². The topological polar surface area (TPSA) is 42.7 Å². The lowest BCUT2D eigenvalue weighted by molar-refractivity contribution is 0.580. The molecule has 0 aliphatic heterocycles. The maximum absolute atomic E-state index is 4.16. The summed E-state index contributed by atoms with van der Waals surface area (Å²) >= 11 is 0. The molecule has 4 nitrogen and oxygen atoms in total. The molecule has 0 saturated heterocycles. The van der Waals surface area contributed by atoms with E-state index in [9.17, 15) is 0 Å². The molecule has 17 heavy (non-hydrogen) atoms. The summed E-state index contributed by atoms with van der Waals surface area (Å²) in [6.45, 7) is 5.20. The van der Waals surface area contributed by atoms with Crippen LogP contribution in [0.1, 0.15) is 19.7 Å². The molecule has 0 aliphatic carbocycles. The normalized spacial score (nSPS) is 11.0. The molecule has 2 aromatic rings. The minimum Gasteiger partial charge on any atom is -0.314 e. The fourth-order valence-electron chi connectivity index (χ4n) is 1.71. The summed E-state index contributed by atoms with van der Waals surface area (Å²) in [5, 5.41) is 11.5. The molecule has 1 aromatic heterocycles. The summed E-state index contributed by atoms with van der Waals surface area (Å²) in [5.74, 6) is 0.990. The quantitative estimate of drug-likeness (QED) is 0.851. The number of para-hydroxylation sites is 1. The van der Waals surface area contributed by atoms with Gasteiger partial charge in [0.2, 0.25) is 0 Å². The third-order valence-electron chi connectivity index (χ3n) is 2.55. The van der Waals surface area contributed by atoms with E-state index in [-0.39, 0.29) is 0 Å². The Morgan fingerprint density at radius 3 is 2.71 bits per heavy atom. The molecule has 1 heterocycles. The molecule has 0 saturated carbocycles. The first-order valence-electron chi connectivity index (χ1n) is 5.95. The number of nitrogens with one attached hydrogen (secondary N) is 1. The maximum atomic E-state index is 4.16. The molecule has 4 heteroatoms. The van der Waals surface area contributed by atoms with Gasteiger partial charge in [0.1, 0.15) is 12.2 Å². The van der Waals surface area contributed by atoms with Gasteiger partial charge in [0.25, 0.3) is 0 Å². The first kappa shape index (κ1) is 11.8. The van der Waals surface area contributed by atoms with Crippen molar-refractivity contribution in [3.05, 3.63) is 42.5 Å². The van der Waals surface area contributed by atoms with Crippen LogP contribution in [0.5, 0.6) is 0 Å². The summed E-state index contributed by atoms with van der Waals surface area (Å²) in [7, 11) is 0. The number of hydrogen-bond donors (Lipinski definition) is 1. The van der Waals surface area contributed by atoms with Crippen LogP contribution in [-0.2, 0) is 6.42 Å². The number of nitrogens with zero attached hydrogens (tertiary/aromatic N) is 3. The summed E-state index contributed by atoms with van der Waals surface area (Å²) in [5.41, 5.74) is 1.11. The lowest BCUT2D eigenvalue weighted by Gasteiger charge is -2.09. The lowest BCUT2D eigenvalue weighted by Crippen LogP contribution is -2.25. The van der Waals surface area contributed by atoms with Crippen molar-refractivity contribution in [1.29, 1.82) is 0 Å². The Hall–Kier alpha value is -1.68. The van der Waals surface area contributed by atoms with E-state index in [0.717, 1.165) is 24.5 Å². The second kappa shape index (κ2) is 5.59. The number of rotatable bonds is 5. The Labute approximate surface area is 102 Å². The molecular formula is C13H18N4. The molecule has 0 radical (unpaired) electrons. The van der Waals surface area contributed by atoms with Crippen molar-refractivity contribution in [2.24, 2.45) is 0 Å². The standard InChI is InChI=1S/C13H18N4/c1-11(2)14-9-8-13-16-15-10-17(13)12-6-4-3-5-7-12/h3-7,10-11,14H,8-9H2,1-2H3. The van der Waals surface area contributed by atoms with E-state index in [4.69, 9.17) is 0 Å². The Balaban J connectivity index is 2.07. The summed E-state index contributed by atoms with van der Waals surface area (Å²) in [4.78, 5) is 0. The average molecular weight is 230 g/mol. The van der Waals surface area contributed by atoms with Gasteiger partial charge in [-0.2, -0.15) is 0 Å².